The van der Waals surface area contributed by atoms with Gasteiger partial charge in [-0.05, 0) is 24.6 Å². The molecule has 2 heterocycles. The molecule has 24 heavy (non-hydrogen) atoms. The third-order valence-corrected chi connectivity index (χ3v) is 4.37. The molecule has 0 saturated heterocycles. The van der Waals surface area contributed by atoms with Crippen molar-refractivity contribution in [3.8, 4) is 0 Å². The molecule has 0 radical (unpaired) electrons. The van der Waals surface area contributed by atoms with Gasteiger partial charge in [0.15, 0.2) is 0 Å². The molecule has 126 valence electrons. The molecule has 0 unspecified atom stereocenters. The van der Waals surface area contributed by atoms with Gasteiger partial charge in [-0.25, -0.2) is 0 Å². The topological polar surface area (TPSA) is 108 Å². The van der Waals surface area contributed by atoms with E-state index >= 15 is 0 Å². The summed E-state index contributed by atoms with van der Waals surface area (Å²) in [5.74, 6) is -1.72. The van der Waals surface area contributed by atoms with Gasteiger partial charge in [0.25, 0.3) is 11.8 Å². The van der Waals surface area contributed by atoms with Crippen molar-refractivity contribution in [2.75, 3.05) is 11.9 Å². The number of amides is 2. The molecule has 2 rings (SSSR count). The third kappa shape index (κ3) is 4.63. The summed E-state index contributed by atoms with van der Waals surface area (Å²) in [5.41, 5.74) is 0.776. The van der Waals surface area contributed by atoms with Crippen molar-refractivity contribution < 1.29 is 19.5 Å². The van der Waals surface area contributed by atoms with Gasteiger partial charge in [-0.3, -0.25) is 19.4 Å². The monoisotopic (exact) mass is 347 g/mol. The van der Waals surface area contributed by atoms with Crippen molar-refractivity contribution in [2.24, 2.45) is 0 Å². The number of hydrogen-bond donors (Lipinski definition) is 3. The smallest absolute Gasteiger partial charge is 0.305 e. The van der Waals surface area contributed by atoms with E-state index in [0.717, 1.165) is 11.3 Å². The van der Waals surface area contributed by atoms with Crippen LogP contribution in [-0.4, -0.2) is 34.4 Å². The lowest BCUT2D eigenvalue weighted by Gasteiger charge is -2.07. The summed E-state index contributed by atoms with van der Waals surface area (Å²) in [6.07, 6.45) is 3.60. The Bertz CT molecular complexity index is 743. The average Bonchev–Trinajstić information content (AvgIpc) is 2.98. The molecule has 0 aliphatic carbocycles. The van der Waals surface area contributed by atoms with Crippen LogP contribution in [0.3, 0.4) is 0 Å². The van der Waals surface area contributed by atoms with Gasteiger partial charge in [-0.1, -0.05) is 6.92 Å². The van der Waals surface area contributed by atoms with Crippen molar-refractivity contribution in [1.29, 1.82) is 0 Å². The van der Waals surface area contributed by atoms with Gasteiger partial charge in [-0.15, -0.1) is 11.3 Å². The van der Waals surface area contributed by atoms with Crippen LogP contribution in [0.15, 0.2) is 30.6 Å². The van der Waals surface area contributed by atoms with E-state index in [1.54, 1.807) is 18.2 Å². The number of aromatic nitrogens is 1. The van der Waals surface area contributed by atoms with Crippen molar-refractivity contribution in [3.63, 3.8) is 0 Å². The Morgan fingerprint density at radius 1 is 1.21 bits per heavy atom. The van der Waals surface area contributed by atoms with Crippen LogP contribution in [0.5, 0.6) is 0 Å². The van der Waals surface area contributed by atoms with E-state index in [9.17, 15) is 14.4 Å². The van der Waals surface area contributed by atoms with E-state index in [-0.39, 0.29) is 18.9 Å². The highest BCUT2D eigenvalue weighted by molar-refractivity contribution is 7.16. The zero-order chi connectivity index (χ0) is 17.5. The lowest BCUT2D eigenvalue weighted by molar-refractivity contribution is -0.136. The van der Waals surface area contributed by atoms with Crippen LogP contribution >= 0.6 is 11.3 Å². The summed E-state index contributed by atoms with van der Waals surface area (Å²) in [5, 5.41) is 14.4. The summed E-state index contributed by atoms with van der Waals surface area (Å²) in [4.78, 5) is 39.8. The summed E-state index contributed by atoms with van der Waals surface area (Å²) in [6.45, 7) is 1.98. The van der Waals surface area contributed by atoms with Crippen LogP contribution in [0.2, 0.25) is 0 Å². The van der Waals surface area contributed by atoms with E-state index in [2.05, 4.69) is 15.6 Å². The molecule has 3 N–H and O–H groups in total. The molecule has 0 spiro atoms. The minimum atomic E-state index is -0.985. The number of pyridine rings is 1. The third-order valence-electron chi connectivity index (χ3n) is 3.17. The molecule has 2 aromatic rings. The van der Waals surface area contributed by atoms with E-state index < -0.39 is 11.9 Å². The standard InChI is InChI=1S/C16H17N3O4S/c1-2-11-9-12(15(23)18-8-5-13(20)21)16(24-11)19-14(22)10-3-6-17-7-4-10/h3-4,6-7,9H,2,5,8H2,1H3,(H,18,23)(H,19,22)(H,20,21). The quantitative estimate of drug-likeness (QED) is 0.711. The van der Waals surface area contributed by atoms with Crippen LogP contribution in [-0.2, 0) is 11.2 Å². The van der Waals surface area contributed by atoms with E-state index in [0.29, 0.717) is 16.1 Å². The lowest BCUT2D eigenvalue weighted by atomic mass is 10.2. The number of anilines is 1. The second-order valence-electron chi connectivity index (χ2n) is 4.90. The number of thiophene rings is 1. The minimum Gasteiger partial charge on any atom is -0.481 e. The Hall–Kier alpha value is -2.74. The number of hydrogen-bond acceptors (Lipinski definition) is 5. The zero-order valence-corrected chi connectivity index (χ0v) is 13.9. The molecule has 0 aromatic carbocycles. The van der Waals surface area contributed by atoms with Gasteiger partial charge in [0.05, 0.1) is 12.0 Å². The number of nitrogens with one attached hydrogen (secondary N) is 2. The summed E-state index contributed by atoms with van der Waals surface area (Å²) in [7, 11) is 0. The normalized spacial score (nSPS) is 10.2. The van der Waals surface area contributed by atoms with Gasteiger partial charge < -0.3 is 15.7 Å². The van der Waals surface area contributed by atoms with Gasteiger partial charge in [0, 0.05) is 29.4 Å². The van der Waals surface area contributed by atoms with E-state index in [1.165, 1.54) is 23.7 Å². The first-order valence-corrected chi connectivity index (χ1v) is 8.17. The van der Waals surface area contributed by atoms with Gasteiger partial charge in [0.2, 0.25) is 0 Å². The maximum Gasteiger partial charge on any atom is 0.305 e. The van der Waals surface area contributed by atoms with Crippen LogP contribution in [0, 0.1) is 0 Å². The number of aliphatic carboxylic acids is 1. The molecule has 0 aliphatic heterocycles. The molecule has 2 aromatic heterocycles. The SMILES string of the molecule is CCc1cc(C(=O)NCCC(=O)O)c(NC(=O)c2ccncc2)s1. The first kappa shape index (κ1) is 17.6. The van der Waals surface area contributed by atoms with Crippen molar-refractivity contribution >= 4 is 34.1 Å². The Kier molecular flexibility index (Phi) is 6.02. The maximum atomic E-state index is 12.2. The molecular weight excluding hydrogens is 330 g/mol. The van der Waals surface area contributed by atoms with Gasteiger partial charge in [-0.2, -0.15) is 0 Å². The number of rotatable bonds is 7. The fraction of sp³-hybridized carbons (Fsp3) is 0.250. The summed E-state index contributed by atoms with van der Waals surface area (Å²) < 4.78 is 0. The molecule has 0 saturated carbocycles. The lowest BCUT2D eigenvalue weighted by Crippen LogP contribution is -2.26. The number of nitrogens with zero attached hydrogens (tertiary/aromatic N) is 1. The maximum absolute atomic E-state index is 12.2. The predicted octanol–water partition coefficient (Wildman–Crippen LogP) is 2.16. The molecule has 0 aliphatic rings. The Morgan fingerprint density at radius 2 is 1.92 bits per heavy atom. The molecular formula is C16H17N3O4S. The van der Waals surface area contributed by atoms with Gasteiger partial charge in [0.1, 0.15) is 5.00 Å². The number of carboxylic acid groups (broad SMARTS) is 1. The van der Waals surface area contributed by atoms with Gasteiger partial charge >= 0.3 is 5.97 Å². The molecule has 2 amide bonds. The average molecular weight is 347 g/mol. The van der Waals surface area contributed by atoms with Crippen molar-refractivity contribution in [3.05, 3.63) is 46.6 Å². The van der Waals surface area contributed by atoms with E-state index in [1.807, 2.05) is 6.92 Å². The predicted molar refractivity (Wildman–Crippen MR) is 90.5 cm³/mol. The highest BCUT2D eigenvalue weighted by Gasteiger charge is 2.18. The minimum absolute atomic E-state index is 0.0310. The molecule has 7 nitrogen and oxygen atoms in total. The summed E-state index contributed by atoms with van der Waals surface area (Å²) >= 11 is 1.33. The summed E-state index contributed by atoms with van der Waals surface area (Å²) in [6, 6.07) is 4.87. The van der Waals surface area contributed by atoms with Crippen molar-refractivity contribution in [2.45, 2.75) is 19.8 Å². The Labute approximate surface area is 142 Å². The number of carbonyl (C=O) groups excluding carboxylic acids is 2. The van der Waals surface area contributed by atoms with E-state index in [4.69, 9.17) is 5.11 Å². The fourth-order valence-corrected chi connectivity index (χ4v) is 2.92. The van der Waals surface area contributed by atoms with Crippen LogP contribution in [0.4, 0.5) is 5.00 Å². The largest absolute Gasteiger partial charge is 0.481 e. The van der Waals surface area contributed by atoms with Crippen LogP contribution in [0.25, 0.3) is 0 Å². The second-order valence-corrected chi connectivity index (χ2v) is 6.04. The van der Waals surface area contributed by atoms with Crippen molar-refractivity contribution in [1.82, 2.24) is 10.3 Å². The number of carbonyl (C=O) groups is 3. The number of carboxylic acids is 1. The first-order valence-electron chi connectivity index (χ1n) is 7.35. The van der Waals surface area contributed by atoms with Crippen LogP contribution < -0.4 is 10.6 Å². The van der Waals surface area contributed by atoms with Crippen LogP contribution in [0.1, 0.15) is 38.9 Å². The highest BCUT2D eigenvalue weighted by atomic mass is 32.1. The Morgan fingerprint density at radius 3 is 2.54 bits per heavy atom. The zero-order valence-electron chi connectivity index (χ0n) is 13.0. The number of aryl methyl sites for hydroxylation is 1. The molecule has 8 heteroatoms. The Balaban J connectivity index is 2.14. The molecule has 0 bridgehead atoms. The fourth-order valence-electron chi connectivity index (χ4n) is 1.93. The molecule has 0 atom stereocenters. The molecule has 0 fully saturated rings. The first-order chi connectivity index (χ1) is 11.5. The second kappa shape index (κ2) is 8.21. The highest BCUT2D eigenvalue weighted by Crippen LogP contribution is 2.29.